The number of amides is 1. The molecule has 15 heavy (non-hydrogen) atoms. The molecule has 0 spiro atoms. The quantitative estimate of drug-likeness (QED) is 0.595. The van der Waals surface area contributed by atoms with E-state index >= 15 is 0 Å². The second-order valence-corrected chi connectivity index (χ2v) is 4.05. The Labute approximate surface area is 92.0 Å². The predicted octanol–water partition coefficient (Wildman–Crippen LogP) is 0.936. The van der Waals surface area contributed by atoms with Crippen molar-refractivity contribution in [3.8, 4) is 0 Å². The second-order valence-electron chi connectivity index (χ2n) is 4.05. The van der Waals surface area contributed by atoms with Gasteiger partial charge >= 0.3 is 0 Å². The summed E-state index contributed by atoms with van der Waals surface area (Å²) in [6, 6.07) is 0. The lowest BCUT2D eigenvalue weighted by atomic mass is 10.0. The molecule has 0 radical (unpaired) electrons. The Balaban J connectivity index is 3.38. The number of aliphatic hydroxyl groups is 1. The normalized spacial score (nSPS) is 12.9. The molecule has 0 heterocycles. The molecule has 0 aromatic rings. The predicted molar refractivity (Wildman–Crippen MR) is 59.6 cm³/mol. The number of aliphatic hydroxyl groups excluding tert-OH is 1. The molecular weight excluding hydrogens is 194 g/mol. The zero-order chi connectivity index (χ0) is 11.7. The van der Waals surface area contributed by atoms with Crippen LogP contribution >= 0.6 is 0 Å². The van der Waals surface area contributed by atoms with Gasteiger partial charge in [0.2, 0.25) is 5.91 Å². The minimum Gasteiger partial charge on any atom is -0.393 e. The number of nitrogens with one attached hydrogen (secondary N) is 1. The van der Waals surface area contributed by atoms with Crippen molar-refractivity contribution in [2.75, 3.05) is 20.3 Å². The van der Waals surface area contributed by atoms with Crippen molar-refractivity contribution in [1.82, 2.24) is 5.32 Å². The zero-order valence-electron chi connectivity index (χ0n) is 9.95. The largest absolute Gasteiger partial charge is 0.393 e. The van der Waals surface area contributed by atoms with Crippen LogP contribution in [-0.2, 0) is 9.53 Å². The maximum absolute atomic E-state index is 11.2. The fourth-order valence-corrected chi connectivity index (χ4v) is 1.16. The Morgan fingerprint density at radius 1 is 1.47 bits per heavy atom. The molecular formula is C11H23NO3. The van der Waals surface area contributed by atoms with Crippen molar-refractivity contribution in [2.45, 2.75) is 39.2 Å². The van der Waals surface area contributed by atoms with E-state index in [4.69, 9.17) is 4.74 Å². The lowest BCUT2D eigenvalue weighted by Gasteiger charge is -2.14. The third-order valence-corrected chi connectivity index (χ3v) is 2.28. The van der Waals surface area contributed by atoms with E-state index in [-0.39, 0.29) is 17.9 Å². The summed E-state index contributed by atoms with van der Waals surface area (Å²) < 4.78 is 4.85. The van der Waals surface area contributed by atoms with Crippen LogP contribution < -0.4 is 5.32 Å². The summed E-state index contributed by atoms with van der Waals surface area (Å²) in [5.74, 6) is 0.276. The smallest absolute Gasteiger partial charge is 0.220 e. The van der Waals surface area contributed by atoms with Gasteiger partial charge in [-0.15, -0.1) is 0 Å². The zero-order valence-corrected chi connectivity index (χ0v) is 9.95. The van der Waals surface area contributed by atoms with E-state index in [1.165, 1.54) is 0 Å². The van der Waals surface area contributed by atoms with Crippen molar-refractivity contribution in [2.24, 2.45) is 5.92 Å². The fraction of sp³-hybridized carbons (Fsp3) is 0.909. The number of hydrogen-bond acceptors (Lipinski definition) is 3. The highest BCUT2D eigenvalue weighted by Crippen LogP contribution is 2.04. The lowest BCUT2D eigenvalue weighted by Crippen LogP contribution is -2.28. The third-order valence-electron chi connectivity index (χ3n) is 2.28. The van der Waals surface area contributed by atoms with Gasteiger partial charge in [0.05, 0.1) is 6.10 Å². The summed E-state index contributed by atoms with van der Waals surface area (Å²) in [6.07, 6.45) is 1.53. The molecule has 0 rings (SSSR count). The van der Waals surface area contributed by atoms with Crippen molar-refractivity contribution >= 4 is 5.91 Å². The average Bonchev–Trinajstić information content (AvgIpc) is 2.18. The van der Waals surface area contributed by atoms with Gasteiger partial charge in [0.15, 0.2) is 0 Å². The molecule has 1 unspecified atom stereocenters. The molecule has 90 valence electrons. The Morgan fingerprint density at radius 2 is 2.13 bits per heavy atom. The number of hydrogen-bond donors (Lipinski definition) is 2. The highest BCUT2D eigenvalue weighted by molar-refractivity contribution is 5.75. The van der Waals surface area contributed by atoms with Crippen LogP contribution in [0.25, 0.3) is 0 Å². The SMILES string of the molecule is COCCCC(=O)NCCC(O)C(C)C. The maximum atomic E-state index is 11.2. The molecule has 0 aliphatic carbocycles. The summed E-state index contributed by atoms with van der Waals surface area (Å²) in [5.41, 5.74) is 0. The Bertz CT molecular complexity index is 171. The molecule has 4 heteroatoms. The Hall–Kier alpha value is -0.610. The molecule has 0 aliphatic heterocycles. The van der Waals surface area contributed by atoms with E-state index in [9.17, 15) is 9.90 Å². The standard InChI is InChI=1S/C11H23NO3/c1-9(2)10(13)6-7-12-11(14)5-4-8-15-3/h9-10,13H,4-8H2,1-3H3,(H,12,14). The summed E-state index contributed by atoms with van der Waals surface area (Å²) in [6.45, 7) is 5.09. The molecule has 0 saturated carbocycles. The van der Waals surface area contributed by atoms with Crippen LogP contribution in [0.2, 0.25) is 0 Å². The van der Waals surface area contributed by atoms with Crippen LogP contribution in [0.3, 0.4) is 0 Å². The van der Waals surface area contributed by atoms with Crippen LogP contribution in [0.15, 0.2) is 0 Å². The van der Waals surface area contributed by atoms with Gasteiger partial charge < -0.3 is 15.2 Å². The van der Waals surface area contributed by atoms with Gasteiger partial charge in [-0.05, 0) is 18.8 Å². The van der Waals surface area contributed by atoms with E-state index < -0.39 is 0 Å². The average molecular weight is 217 g/mol. The molecule has 0 saturated heterocycles. The van der Waals surface area contributed by atoms with Gasteiger partial charge in [0, 0.05) is 26.7 Å². The molecule has 0 bridgehead atoms. The third kappa shape index (κ3) is 8.39. The van der Waals surface area contributed by atoms with Crippen molar-refractivity contribution < 1.29 is 14.6 Å². The molecule has 0 aromatic heterocycles. The highest BCUT2D eigenvalue weighted by Gasteiger charge is 2.09. The van der Waals surface area contributed by atoms with E-state index in [1.54, 1.807) is 7.11 Å². The first-order valence-corrected chi connectivity index (χ1v) is 5.51. The molecule has 2 N–H and O–H groups in total. The van der Waals surface area contributed by atoms with Gasteiger partial charge in [-0.1, -0.05) is 13.8 Å². The van der Waals surface area contributed by atoms with Crippen molar-refractivity contribution in [3.63, 3.8) is 0 Å². The Morgan fingerprint density at radius 3 is 2.67 bits per heavy atom. The van der Waals surface area contributed by atoms with E-state index in [0.29, 0.717) is 26.0 Å². The molecule has 0 aromatic carbocycles. The topological polar surface area (TPSA) is 58.6 Å². The molecule has 1 amide bonds. The summed E-state index contributed by atoms with van der Waals surface area (Å²) in [4.78, 5) is 11.2. The fourth-order valence-electron chi connectivity index (χ4n) is 1.16. The van der Waals surface area contributed by atoms with Crippen molar-refractivity contribution in [1.29, 1.82) is 0 Å². The summed E-state index contributed by atoms with van der Waals surface area (Å²) >= 11 is 0. The molecule has 1 atom stereocenters. The number of methoxy groups -OCH3 is 1. The summed E-state index contributed by atoms with van der Waals surface area (Å²) in [5, 5.41) is 12.3. The monoisotopic (exact) mass is 217 g/mol. The number of carbonyl (C=O) groups excluding carboxylic acids is 1. The first-order valence-electron chi connectivity index (χ1n) is 5.51. The second kappa shape index (κ2) is 8.68. The van der Waals surface area contributed by atoms with Gasteiger partial charge in [-0.25, -0.2) is 0 Å². The van der Waals surface area contributed by atoms with Crippen molar-refractivity contribution in [3.05, 3.63) is 0 Å². The van der Waals surface area contributed by atoms with Gasteiger partial charge in [-0.3, -0.25) is 4.79 Å². The van der Waals surface area contributed by atoms with E-state index in [0.717, 1.165) is 6.42 Å². The van der Waals surface area contributed by atoms with Crippen LogP contribution in [0.5, 0.6) is 0 Å². The minimum atomic E-state index is -0.329. The van der Waals surface area contributed by atoms with Crippen LogP contribution in [0, 0.1) is 5.92 Å². The summed E-state index contributed by atoms with van der Waals surface area (Å²) in [7, 11) is 1.62. The minimum absolute atomic E-state index is 0.0306. The molecule has 0 aliphatic rings. The molecule has 4 nitrogen and oxygen atoms in total. The van der Waals surface area contributed by atoms with E-state index in [1.807, 2.05) is 13.8 Å². The molecule has 0 fully saturated rings. The highest BCUT2D eigenvalue weighted by atomic mass is 16.5. The van der Waals surface area contributed by atoms with Crippen LogP contribution in [0.4, 0.5) is 0 Å². The van der Waals surface area contributed by atoms with E-state index in [2.05, 4.69) is 5.32 Å². The van der Waals surface area contributed by atoms with Gasteiger partial charge in [0.1, 0.15) is 0 Å². The van der Waals surface area contributed by atoms with Crippen LogP contribution in [-0.4, -0.2) is 37.4 Å². The number of carbonyl (C=O) groups is 1. The van der Waals surface area contributed by atoms with Crippen LogP contribution in [0.1, 0.15) is 33.1 Å². The maximum Gasteiger partial charge on any atom is 0.220 e. The first kappa shape index (κ1) is 14.4. The first-order chi connectivity index (χ1) is 7.07. The number of ether oxygens (including phenoxy) is 1. The lowest BCUT2D eigenvalue weighted by molar-refractivity contribution is -0.121. The van der Waals surface area contributed by atoms with Gasteiger partial charge in [0.25, 0.3) is 0 Å². The van der Waals surface area contributed by atoms with Gasteiger partial charge in [-0.2, -0.15) is 0 Å². The number of rotatable bonds is 8. The Kier molecular flexibility index (Phi) is 8.33.